The Morgan fingerprint density at radius 2 is 2.20 bits per heavy atom. The zero-order chi connectivity index (χ0) is 10.8. The minimum Gasteiger partial charge on any atom is -0.317 e. The maximum Gasteiger partial charge on any atom is 0.0317 e. The van der Waals surface area contributed by atoms with Gasteiger partial charge in [0.2, 0.25) is 0 Å². The zero-order valence-corrected chi connectivity index (χ0v) is 11.7. The van der Waals surface area contributed by atoms with Gasteiger partial charge in [0.15, 0.2) is 0 Å². The van der Waals surface area contributed by atoms with Crippen LogP contribution in [0.2, 0.25) is 0 Å². The van der Waals surface area contributed by atoms with Crippen LogP contribution in [0.25, 0.3) is 0 Å². The molecule has 84 valence electrons. The minimum absolute atomic E-state index is 0.706. The molecule has 2 rings (SSSR count). The highest BCUT2D eigenvalue weighted by Crippen LogP contribution is 2.41. The molecule has 0 bridgehead atoms. The van der Waals surface area contributed by atoms with Gasteiger partial charge in [-0.3, -0.25) is 0 Å². The van der Waals surface area contributed by atoms with Gasteiger partial charge in [-0.05, 0) is 65.0 Å². The lowest BCUT2D eigenvalue weighted by Gasteiger charge is -2.34. The van der Waals surface area contributed by atoms with E-state index in [9.17, 15) is 0 Å². The third-order valence-corrected chi connectivity index (χ3v) is 5.40. The van der Waals surface area contributed by atoms with E-state index in [0.29, 0.717) is 6.04 Å². The molecule has 1 fully saturated rings. The molecule has 3 atom stereocenters. The van der Waals surface area contributed by atoms with Crippen molar-refractivity contribution < 1.29 is 0 Å². The number of thiophene rings is 1. The van der Waals surface area contributed by atoms with Gasteiger partial charge >= 0.3 is 0 Å². The van der Waals surface area contributed by atoms with Gasteiger partial charge in [0.25, 0.3) is 0 Å². The predicted octanol–water partition coefficient (Wildman–Crippen LogP) is 4.00. The summed E-state index contributed by atoms with van der Waals surface area (Å²) in [7, 11) is 2.08. The molecule has 0 spiro atoms. The second kappa shape index (κ2) is 4.98. The van der Waals surface area contributed by atoms with Crippen LogP contribution in [0.1, 0.15) is 37.7 Å². The van der Waals surface area contributed by atoms with Gasteiger partial charge in [-0.1, -0.05) is 6.92 Å². The van der Waals surface area contributed by atoms with Crippen molar-refractivity contribution in [3.63, 3.8) is 0 Å². The molecule has 1 heterocycles. The fourth-order valence-corrected chi connectivity index (χ4v) is 4.23. The van der Waals surface area contributed by atoms with Crippen LogP contribution in [0.4, 0.5) is 0 Å². The smallest absolute Gasteiger partial charge is 0.0317 e. The predicted molar refractivity (Wildman–Crippen MR) is 70.6 cm³/mol. The fraction of sp³-hybridized carbons (Fsp3) is 0.667. The Hall–Kier alpha value is 0.140. The van der Waals surface area contributed by atoms with E-state index in [0.717, 1.165) is 11.8 Å². The molecule has 0 aromatic carbocycles. The number of nitrogens with one attached hydrogen (secondary N) is 1. The molecule has 1 nitrogen and oxygen atoms in total. The van der Waals surface area contributed by atoms with Gasteiger partial charge in [-0.15, -0.1) is 0 Å². The second-order valence-corrected chi connectivity index (χ2v) is 6.16. The zero-order valence-electron chi connectivity index (χ0n) is 9.29. The number of halogens is 1. The van der Waals surface area contributed by atoms with Gasteiger partial charge in [0, 0.05) is 15.9 Å². The molecule has 3 unspecified atom stereocenters. The first kappa shape index (κ1) is 11.6. The first-order valence-electron chi connectivity index (χ1n) is 5.61. The van der Waals surface area contributed by atoms with E-state index in [4.69, 9.17) is 0 Å². The van der Waals surface area contributed by atoms with Gasteiger partial charge < -0.3 is 5.32 Å². The van der Waals surface area contributed by atoms with E-state index in [1.807, 2.05) is 0 Å². The fourth-order valence-electron chi connectivity index (χ4n) is 2.57. The van der Waals surface area contributed by atoms with Gasteiger partial charge in [0.1, 0.15) is 0 Å². The summed E-state index contributed by atoms with van der Waals surface area (Å²) in [6.07, 6.45) is 3.96. The van der Waals surface area contributed by atoms with Crippen molar-refractivity contribution in [2.45, 2.75) is 38.1 Å². The molecule has 0 amide bonds. The van der Waals surface area contributed by atoms with Gasteiger partial charge in [0.05, 0.1) is 0 Å². The largest absolute Gasteiger partial charge is 0.317 e. The molecule has 3 heteroatoms. The molecule has 0 radical (unpaired) electrons. The van der Waals surface area contributed by atoms with Crippen molar-refractivity contribution >= 4 is 27.3 Å². The Balaban J connectivity index is 2.16. The summed E-state index contributed by atoms with van der Waals surface area (Å²) >= 11 is 5.46. The average Bonchev–Trinajstić information content (AvgIpc) is 2.65. The van der Waals surface area contributed by atoms with Crippen LogP contribution in [-0.4, -0.2) is 13.1 Å². The van der Waals surface area contributed by atoms with E-state index >= 15 is 0 Å². The van der Waals surface area contributed by atoms with E-state index < -0.39 is 0 Å². The first-order valence-corrected chi connectivity index (χ1v) is 7.34. The minimum atomic E-state index is 0.706. The van der Waals surface area contributed by atoms with Crippen LogP contribution >= 0.6 is 27.3 Å². The molecule has 0 aliphatic heterocycles. The summed E-state index contributed by atoms with van der Waals surface area (Å²) in [5.74, 6) is 1.55. The van der Waals surface area contributed by atoms with Crippen LogP contribution in [0, 0.1) is 5.92 Å². The number of rotatable bonds is 2. The first-order chi connectivity index (χ1) is 7.22. The SMILES string of the molecule is CNC1CCC(C)C(c2cscc2Br)C1. The molecular formula is C12H18BrNS. The second-order valence-electron chi connectivity index (χ2n) is 4.56. The summed E-state index contributed by atoms with van der Waals surface area (Å²) in [5, 5.41) is 7.93. The topological polar surface area (TPSA) is 12.0 Å². The Kier molecular flexibility index (Phi) is 3.86. The normalized spacial score (nSPS) is 31.8. The molecule has 1 N–H and O–H groups in total. The van der Waals surface area contributed by atoms with Crippen LogP contribution < -0.4 is 5.32 Å². The number of hydrogen-bond donors (Lipinski definition) is 1. The third-order valence-electron chi connectivity index (χ3n) is 3.65. The molecule has 1 aromatic rings. The van der Waals surface area contributed by atoms with E-state index in [-0.39, 0.29) is 0 Å². The Morgan fingerprint density at radius 3 is 2.80 bits per heavy atom. The average molecular weight is 288 g/mol. The van der Waals surface area contributed by atoms with Gasteiger partial charge in [-0.2, -0.15) is 11.3 Å². The number of hydrogen-bond acceptors (Lipinski definition) is 2. The van der Waals surface area contributed by atoms with Crippen molar-refractivity contribution in [3.8, 4) is 0 Å². The quantitative estimate of drug-likeness (QED) is 0.867. The van der Waals surface area contributed by atoms with Crippen molar-refractivity contribution in [1.82, 2.24) is 5.32 Å². The third kappa shape index (κ3) is 2.45. The standard InChI is InChI=1S/C12H18BrNS/c1-8-3-4-9(14-2)5-10(8)11-6-15-7-12(11)13/h6-10,14H,3-5H2,1-2H3. The van der Waals surface area contributed by atoms with E-state index in [1.165, 1.54) is 29.3 Å². The van der Waals surface area contributed by atoms with Crippen LogP contribution in [-0.2, 0) is 0 Å². The molecular weight excluding hydrogens is 270 g/mol. The highest BCUT2D eigenvalue weighted by Gasteiger charge is 2.29. The van der Waals surface area contributed by atoms with E-state index in [1.54, 1.807) is 11.3 Å². The lowest BCUT2D eigenvalue weighted by atomic mass is 9.75. The van der Waals surface area contributed by atoms with Crippen LogP contribution in [0.3, 0.4) is 0 Å². The molecule has 1 aliphatic rings. The van der Waals surface area contributed by atoms with Crippen molar-refractivity contribution in [1.29, 1.82) is 0 Å². The Bertz CT molecular complexity index is 323. The van der Waals surface area contributed by atoms with E-state index in [2.05, 4.69) is 46.0 Å². The molecule has 0 saturated heterocycles. The molecule has 1 saturated carbocycles. The molecule has 1 aliphatic carbocycles. The lowest BCUT2D eigenvalue weighted by Crippen LogP contribution is -2.33. The van der Waals surface area contributed by atoms with Gasteiger partial charge in [-0.25, -0.2) is 0 Å². The van der Waals surface area contributed by atoms with Crippen LogP contribution in [0.5, 0.6) is 0 Å². The van der Waals surface area contributed by atoms with Crippen molar-refractivity contribution in [2.75, 3.05) is 7.05 Å². The maximum atomic E-state index is 3.66. The van der Waals surface area contributed by atoms with Crippen molar-refractivity contribution in [2.24, 2.45) is 5.92 Å². The Labute approximate surface area is 104 Å². The summed E-state index contributed by atoms with van der Waals surface area (Å²) < 4.78 is 1.31. The highest BCUT2D eigenvalue weighted by molar-refractivity contribution is 9.10. The van der Waals surface area contributed by atoms with Crippen LogP contribution in [0.15, 0.2) is 15.2 Å². The summed E-state index contributed by atoms with van der Waals surface area (Å²) in [6, 6.07) is 0.706. The maximum absolute atomic E-state index is 3.66. The molecule has 1 aromatic heterocycles. The Morgan fingerprint density at radius 1 is 1.40 bits per heavy atom. The van der Waals surface area contributed by atoms with Crippen molar-refractivity contribution in [3.05, 3.63) is 20.8 Å². The summed E-state index contributed by atoms with van der Waals surface area (Å²) in [5.41, 5.74) is 1.52. The summed E-state index contributed by atoms with van der Waals surface area (Å²) in [4.78, 5) is 0. The monoisotopic (exact) mass is 287 g/mol. The lowest BCUT2D eigenvalue weighted by molar-refractivity contribution is 0.277. The molecule has 15 heavy (non-hydrogen) atoms. The summed E-state index contributed by atoms with van der Waals surface area (Å²) in [6.45, 7) is 2.39. The highest BCUT2D eigenvalue weighted by atomic mass is 79.9.